The largest absolute Gasteiger partial charge is 0.302 e. The molecule has 0 saturated carbocycles. The zero-order valence-electron chi connectivity index (χ0n) is 19.3. The molecule has 1 N–H and O–H groups in total. The summed E-state index contributed by atoms with van der Waals surface area (Å²) in [4.78, 5) is 22.0. The molecule has 1 amide bonds. The van der Waals surface area contributed by atoms with Crippen molar-refractivity contribution in [1.29, 1.82) is 0 Å². The molecule has 0 atom stereocenters. The molecule has 1 aliphatic heterocycles. The Kier molecular flexibility index (Phi) is 6.85. The number of hydrogen-bond acceptors (Lipinski definition) is 10. The summed E-state index contributed by atoms with van der Waals surface area (Å²) in [5, 5.41) is 3.42. The molecule has 0 bridgehead atoms. The van der Waals surface area contributed by atoms with Gasteiger partial charge < -0.3 is 5.32 Å². The Morgan fingerprint density at radius 1 is 1.00 bits per heavy atom. The van der Waals surface area contributed by atoms with Crippen LogP contribution in [-0.4, -0.2) is 62.6 Å². The molecule has 0 unspecified atom stereocenters. The molecule has 1 saturated heterocycles. The van der Waals surface area contributed by atoms with Crippen LogP contribution in [0.3, 0.4) is 0 Å². The summed E-state index contributed by atoms with van der Waals surface area (Å²) in [5.41, 5.74) is 1.71. The highest BCUT2D eigenvalue weighted by atomic mass is 32.2. The second-order valence-electron chi connectivity index (χ2n) is 8.38. The van der Waals surface area contributed by atoms with E-state index in [9.17, 15) is 21.6 Å². The molecule has 4 aromatic rings. The first-order chi connectivity index (χ1) is 17.1. The molecule has 1 aliphatic rings. The minimum Gasteiger partial charge on any atom is -0.302 e. The molecule has 14 heteroatoms. The Bertz CT molecular complexity index is 1690. The van der Waals surface area contributed by atoms with Crippen molar-refractivity contribution in [1.82, 2.24) is 14.3 Å². The van der Waals surface area contributed by atoms with Crippen LogP contribution in [0.2, 0.25) is 0 Å². The van der Waals surface area contributed by atoms with Gasteiger partial charge in [-0.1, -0.05) is 29.2 Å². The fourth-order valence-corrected chi connectivity index (χ4v) is 8.99. The van der Waals surface area contributed by atoms with Gasteiger partial charge in [0.25, 0.3) is 0 Å². The lowest BCUT2D eigenvalue weighted by Crippen LogP contribution is -2.41. The molecule has 190 valence electrons. The van der Waals surface area contributed by atoms with Crippen LogP contribution in [-0.2, 0) is 24.7 Å². The van der Waals surface area contributed by atoms with E-state index in [1.54, 1.807) is 23.1 Å². The summed E-state index contributed by atoms with van der Waals surface area (Å²) < 4.78 is 54.1. The van der Waals surface area contributed by atoms with Crippen molar-refractivity contribution in [2.24, 2.45) is 5.92 Å². The Morgan fingerprint density at radius 2 is 1.64 bits per heavy atom. The highest BCUT2D eigenvalue weighted by molar-refractivity contribution is 8.00. The first kappa shape index (κ1) is 25.5. The van der Waals surface area contributed by atoms with Gasteiger partial charge in [0.15, 0.2) is 19.3 Å². The number of piperidine rings is 1. The van der Waals surface area contributed by atoms with Gasteiger partial charge in [0.1, 0.15) is 0 Å². The summed E-state index contributed by atoms with van der Waals surface area (Å²) >= 11 is 4.60. The zero-order valence-corrected chi connectivity index (χ0v) is 23.4. The number of carbonyl (C=O) groups excluding carboxylic acids is 1. The molecular weight excluding hydrogens is 561 g/mol. The topological polar surface area (TPSA) is 126 Å². The van der Waals surface area contributed by atoms with Crippen LogP contribution in [0.25, 0.3) is 20.4 Å². The number of amides is 1. The van der Waals surface area contributed by atoms with Gasteiger partial charge in [-0.25, -0.2) is 26.8 Å². The van der Waals surface area contributed by atoms with Gasteiger partial charge >= 0.3 is 0 Å². The van der Waals surface area contributed by atoms with Gasteiger partial charge in [0.2, 0.25) is 15.9 Å². The van der Waals surface area contributed by atoms with Crippen molar-refractivity contribution in [3.63, 3.8) is 0 Å². The van der Waals surface area contributed by atoms with Crippen molar-refractivity contribution >= 4 is 85.8 Å². The van der Waals surface area contributed by atoms with E-state index in [1.165, 1.54) is 39.9 Å². The molecule has 9 nitrogen and oxygen atoms in total. The van der Waals surface area contributed by atoms with Crippen molar-refractivity contribution < 1.29 is 21.6 Å². The van der Waals surface area contributed by atoms with E-state index in [1.807, 2.05) is 18.4 Å². The first-order valence-electron chi connectivity index (χ1n) is 10.9. The molecule has 2 aromatic carbocycles. The second kappa shape index (κ2) is 9.65. The first-order valence-corrected chi connectivity index (χ1v) is 17.1. The van der Waals surface area contributed by atoms with Crippen molar-refractivity contribution in [2.75, 3.05) is 30.9 Å². The maximum Gasteiger partial charge on any atom is 0.243 e. The number of aromatic nitrogens is 2. The van der Waals surface area contributed by atoms with Crippen molar-refractivity contribution in [3.05, 3.63) is 36.4 Å². The molecule has 2 aromatic heterocycles. The minimum atomic E-state index is -3.87. The average molecular weight is 583 g/mol. The van der Waals surface area contributed by atoms with E-state index in [0.717, 1.165) is 31.0 Å². The number of fused-ring (bicyclic) bond motifs is 3. The Hall–Kier alpha value is -2.10. The van der Waals surface area contributed by atoms with Crippen molar-refractivity contribution in [3.8, 4) is 0 Å². The molecule has 0 spiro atoms. The summed E-state index contributed by atoms with van der Waals surface area (Å²) in [5.74, 6) is -0.534. The monoisotopic (exact) mass is 582 g/mol. The number of nitrogens with zero attached hydrogens (tertiary/aromatic N) is 3. The van der Waals surface area contributed by atoms with Crippen LogP contribution < -0.4 is 5.32 Å². The van der Waals surface area contributed by atoms with Gasteiger partial charge in [-0.05, 0) is 49.4 Å². The lowest BCUT2D eigenvalue weighted by atomic mass is 9.97. The minimum absolute atomic E-state index is 0.0473. The smallest absolute Gasteiger partial charge is 0.243 e. The maximum absolute atomic E-state index is 13.1. The summed E-state index contributed by atoms with van der Waals surface area (Å²) in [7, 11) is -7.40. The number of benzene rings is 2. The number of rotatable bonds is 6. The Labute approximate surface area is 220 Å². The van der Waals surface area contributed by atoms with Crippen LogP contribution in [0, 0.1) is 5.92 Å². The Balaban J connectivity index is 1.27. The van der Waals surface area contributed by atoms with E-state index in [0.29, 0.717) is 18.0 Å². The van der Waals surface area contributed by atoms with E-state index >= 15 is 0 Å². The third-order valence-corrected chi connectivity index (χ3v) is 12.2. The number of thioether (sulfide) groups is 1. The van der Waals surface area contributed by atoms with Crippen LogP contribution >= 0.6 is 34.4 Å². The van der Waals surface area contributed by atoms with Gasteiger partial charge in [0, 0.05) is 25.3 Å². The number of nitrogens with one attached hydrogen (secondary N) is 1. The molecule has 0 aliphatic carbocycles. The summed E-state index contributed by atoms with van der Waals surface area (Å²) in [6, 6.07) is 9.19. The Morgan fingerprint density at radius 3 is 2.31 bits per heavy atom. The quantitative estimate of drug-likeness (QED) is 0.337. The van der Waals surface area contributed by atoms with Gasteiger partial charge in [0.05, 0.1) is 30.2 Å². The van der Waals surface area contributed by atoms with E-state index in [4.69, 9.17) is 0 Å². The normalized spacial score (nSPS) is 16.1. The van der Waals surface area contributed by atoms with Gasteiger partial charge in [-0.15, -0.1) is 11.3 Å². The van der Waals surface area contributed by atoms with Gasteiger partial charge in [-0.3, -0.25) is 4.79 Å². The van der Waals surface area contributed by atoms with Crippen molar-refractivity contribution in [2.45, 2.75) is 27.0 Å². The van der Waals surface area contributed by atoms with Crippen LogP contribution in [0.1, 0.15) is 12.8 Å². The molecule has 3 heterocycles. The van der Waals surface area contributed by atoms with E-state index in [-0.39, 0.29) is 34.7 Å². The standard InChI is InChI=1S/C22H22N4O5S5/c1-32-22-24-17-7-6-16-18(19(17)34-22)33-21(23-16)25-20(27)13-8-10-26(11-9-13)36(30,31)15-5-3-4-14(12-15)35(2,28)29/h3-7,12-13H,8-11H2,1-2H3,(H,23,25,27). The van der Waals surface area contributed by atoms with Crippen LogP contribution in [0.5, 0.6) is 0 Å². The van der Waals surface area contributed by atoms with Crippen LogP contribution in [0.15, 0.2) is 50.5 Å². The predicted molar refractivity (Wildman–Crippen MR) is 144 cm³/mol. The number of carbonyl (C=O) groups is 1. The third kappa shape index (κ3) is 4.89. The number of hydrogen-bond donors (Lipinski definition) is 1. The fourth-order valence-electron chi connectivity index (χ4n) is 4.07. The zero-order chi connectivity index (χ0) is 25.7. The molecular formula is C22H22N4O5S5. The number of sulfone groups is 1. The number of thiazole rings is 2. The lowest BCUT2D eigenvalue weighted by molar-refractivity contribution is -0.120. The fraction of sp³-hybridized carbons (Fsp3) is 0.318. The van der Waals surface area contributed by atoms with Crippen LogP contribution in [0.4, 0.5) is 5.13 Å². The average Bonchev–Trinajstić information content (AvgIpc) is 3.47. The lowest BCUT2D eigenvalue weighted by Gasteiger charge is -2.30. The summed E-state index contributed by atoms with van der Waals surface area (Å²) in [6.45, 7) is 0.338. The maximum atomic E-state index is 13.1. The second-order valence-corrected chi connectivity index (χ2v) is 15.4. The van der Waals surface area contributed by atoms with E-state index in [2.05, 4.69) is 15.3 Å². The predicted octanol–water partition coefficient (Wildman–Crippen LogP) is 4.07. The molecule has 1 fully saturated rings. The molecule has 36 heavy (non-hydrogen) atoms. The number of anilines is 1. The SMILES string of the molecule is CSc1nc2ccc3nc(NC(=O)C4CCN(S(=O)(=O)c5cccc(S(C)(=O)=O)c5)CC4)sc3c2s1. The highest BCUT2D eigenvalue weighted by Gasteiger charge is 2.33. The molecule has 0 radical (unpaired) electrons. The highest BCUT2D eigenvalue weighted by Crippen LogP contribution is 2.38. The molecule has 5 rings (SSSR count). The van der Waals surface area contributed by atoms with Gasteiger partial charge in [-0.2, -0.15) is 4.31 Å². The third-order valence-electron chi connectivity index (χ3n) is 5.99. The number of sulfonamides is 1. The van der Waals surface area contributed by atoms with E-state index < -0.39 is 19.9 Å². The summed E-state index contributed by atoms with van der Waals surface area (Å²) in [6.07, 6.45) is 3.74.